The molecule has 0 saturated carbocycles. The Kier molecular flexibility index (Phi) is 5.57. The SMILES string of the molecule is COc1cccc(NC(=O)/C(O)=C/C(=O)c2cccc(OC)c2)c1. The van der Waals surface area contributed by atoms with Crippen LogP contribution in [0, 0.1) is 0 Å². The zero-order chi connectivity index (χ0) is 17.5. The summed E-state index contributed by atoms with van der Waals surface area (Å²) in [6, 6.07) is 13.1. The van der Waals surface area contributed by atoms with Crippen molar-refractivity contribution >= 4 is 17.4 Å². The molecule has 0 aliphatic carbocycles. The first-order valence-corrected chi connectivity index (χ1v) is 7.08. The lowest BCUT2D eigenvalue weighted by molar-refractivity contribution is -0.115. The van der Waals surface area contributed by atoms with Gasteiger partial charge in [0, 0.05) is 23.4 Å². The molecule has 2 rings (SSSR count). The highest BCUT2D eigenvalue weighted by Crippen LogP contribution is 2.17. The number of nitrogens with one attached hydrogen (secondary N) is 1. The summed E-state index contributed by atoms with van der Waals surface area (Å²) < 4.78 is 10.1. The smallest absolute Gasteiger partial charge is 0.290 e. The molecule has 0 unspecified atom stereocenters. The van der Waals surface area contributed by atoms with Gasteiger partial charge < -0.3 is 19.9 Å². The van der Waals surface area contributed by atoms with Crippen LogP contribution in [0.15, 0.2) is 60.4 Å². The third kappa shape index (κ3) is 4.36. The van der Waals surface area contributed by atoms with Crippen molar-refractivity contribution in [2.75, 3.05) is 19.5 Å². The van der Waals surface area contributed by atoms with Crippen molar-refractivity contribution in [3.8, 4) is 11.5 Å². The van der Waals surface area contributed by atoms with E-state index in [-0.39, 0.29) is 0 Å². The minimum Gasteiger partial charge on any atom is -0.503 e. The van der Waals surface area contributed by atoms with E-state index in [4.69, 9.17) is 9.47 Å². The molecular formula is C18H17NO5. The number of amides is 1. The maximum atomic E-state index is 12.1. The predicted octanol–water partition coefficient (Wildman–Crippen LogP) is 2.97. The number of rotatable bonds is 6. The van der Waals surface area contributed by atoms with E-state index in [1.54, 1.807) is 42.5 Å². The van der Waals surface area contributed by atoms with Crippen LogP contribution in [0.4, 0.5) is 5.69 Å². The average molecular weight is 327 g/mol. The summed E-state index contributed by atoms with van der Waals surface area (Å²) in [5, 5.41) is 12.3. The van der Waals surface area contributed by atoms with Gasteiger partial charge in [-0.3, -0.25) is 9.59 Å². The molecule has 0 fully saturated rings. The molecule has 2 aromatic carbocycles. The number of hydrogen-bond donors (Lipinski definition) is 2. The lowest BCUT2D eigenvalue weighted by Gasteiger charge is -2.06. The Labute approximate surface area is 139 Å². The second-order valence-corrected chi connectivity index (χ2v) is 4.81. The average Bonchev–Trinajstić information content (AvgIpc) is 2.61. The molecule has 6 heteroatoms. The fraction of sp³-hybridized carbons (Fsp3) is 0.111. The van der Waals surface area contributed by atoms with E-state index < -0.39 is 17.4 Å². The third-order valence-electron chi connectivity index (χ3n) is 3.18. The van der Waals surface area contributed by atoms with Crippen molar-refractivity contribution < 1.29 is 24.2 Å². The molecule has 2 N–H and O–H groups in total. The molecule has 0 bridgehead atoms. The Morgan fingerprint density at radius 2 is 1.62 bits per heavy atom. The maximum Gasteiger partial charge on any atom is 0.290 e. The van der Waals surface area contributed by atoms with Gasteiger partial charge >= 0.3 is 0 Å². The number of anilines is 1. The number of carbonyl (C=O) groups excluding carboxylic acids is 2. The summed E-state index contributed by atoms with van der Waals surface area (Å²) >= 11 is 0. The fourth-order valence-electron chi connectivity index (χ4n) is 1.95. The first kappa shape index (κ1) is 17.1. The van der Waals surface area contributed by atoms with Gasteiger partial charge in [-0.05, 0) is 24.3 Å². The zero-order valence-corrected chi connectivity index (χ0v) is 13.3. The number of aliphatic hydroxyl groups is 1. The number of carbonyl (C=O) groups is 2. The molecule has 0 heterocycles. The van der Waals surface area contributed by atoms with Gasteiger partial charge in [0.15, 0.2) is 11.5 Å². The quantitative estimate of drug-likeness (QED) is 0.484. The predicted molar refractivity (Wildman–Crippen MR) is 89.7 cm³/mol. The summed E-state index contributed by atoms with van der Waals surface area (Å²) in [5.41, 5.74) is 0.739. The van der Waals surface area contributed by atoms with Crippen LogP contribution in [-0.2, 0) is 4.79 Å². The second kappa shape index (κ2) is 7.82. The van der Waals surface area contributed by atoms with Gasteiger partial charge in [-0.25, -0.2) is 0 Å². The lowest BCUT2D eigenvalue weighted by Crippen LogP contribution is -2.15. The topological polar surface area (TPSA) is 84.9 Å². The molecule has 124 valence electrons. The van der Waals surface area contributed by atoms with Gasteiger partial charge in [-0.15, -0.1) is 0 Å². The highest BCUT2D eigenvalue weighted by molar-refractivity contribution is 6.11. The van der Waals surface area contributed by atoms with Crippen molar-refractivity contribution in [3.63, 3.8) is 0 Å². The third-order valence-corrected chi connectivity index (χ3v) is 3.18. The van der Waals surface area contributed by atoms with Crippen LogP contribution in [0.5, 0.6) is 11.5 Å². The first-order chi connectivity index (χ1) is 11.5. The van der Waals surface area contributed by atoms with E-state index in [9.17, 15) is 14.7 Å². The second-order valence-electron chi connectivity index (χ2n) is 4.81. The van der Waals surface area contributed by atoms with Crippen LogP contribution < -0.4 is 14.8 Å². The largest absolute Gasteiger partial charge is 0.503 e. The van der Waals surface area contributed by atoms with Gasteiger partial charge in [0.05, 0.1) is 14.2 Å². The molecule has 1 amide bonds. The van der Waals surface area contributed by atoms with Gasteiger partial charge in [-0.1, -0.05) is 18.2 Å². The highest BCUT2D eigenvalue weighted by Gasteiger charge is 2.12. The molecule has 0 saturated heterocycles. The molecule has 6 nitrogen and oxygen atoms in total. The standard InChI is InChI=1S/C18H17NO5/c1-23-14-7-3-5-12(9-14)16(20)11-17(21)18(22)19-13-6-4-8-15(10-13)24-2/h3-11,21H,1-2H3,(H,19,22)/b17-11-. The first-order valence-electron chi connectivity index (χ1n) is 7.08. The molecule has 0 aliphatic heterocycles. The number of methoxy groups -OCH3 is 2. The monoisotopic (exact) mass is 327 g/mol. The van der Waals surface area contributed by atoms with Crippen molar-refractivity contribution in [3.05, 3.63) is 65.9 Å². The van der Waals surface area contributed by atoms with Gasteiger partial charge in [0.1, 0.15) is 11.5 Å². The minimum atomic E-state index is -0.792. The van der Waals surface area contributed by atoms with Crippen molar-refractivity contribution in [2.45, 2.75) is 0 Å². The van der Waals surface area contributed by atoms with E-state index in [0.717, 1.165) is 6.08 Å². The van der Waals surface area contributed by atoms with Crippen LogP contribution >= 0.6 is 0 Å². The van der Waals surface area contributed by atoms with E-state index >= 15 is 0 Å². The summed E-state index contributed by atoms with van der Waals surface area (Å²) in [7, 11) is 2.99. The van der Waals surface area contributed by atoms with Crippen LogP contribution in [-0.4, -0.2) is 31.0 Å². The molecule has 0 aliphatic rings. The molecule has 0 aromatic heterocycles. The van der Waals surface area contributed by atoms with Crippen molar-refractivity contribution in [1.82, 2.24) is 0 Å². The minimum absolute atomic E-state index is 0.301. The van der Waals surface area contributed by atoms with Crippen LogP contribution in [0.25, 0.3) is 0 Å². The number of benzene rings is 2. The van der Waals surface area contributed by atoms with Crippen LogP contribution in [0.2, 0.25) is 0 Å². The zero-order valence-electron chi connectivity index (χ0n) is 13.3. The van der Waals surface area contributed by atoms with Crippen molar-refractivity contribution in [2.24, 2.45) is 0 Å². The van der Waals surface area contributed by atoms with Crippen molar-refractivity contribution in [1.29, 1.82) is 0 Å². The molecular weight excluding hydrogens is 310 g/mol. The number of hydrogen-bond acceptors (Lipinski definition) is 5. The summed E-state index contributed by atoms with van der Waals surface area (Å²) in [5.74, 6) is -0.921. The van der Waals surface area contributed by atoms with Crippen LogP contribution in [0.3, 0.4) is 0 Å². The summed E-state index contributed by atoms with van der Waals surface area (Å²) in [6.45, 7) is 0. The van der Waals surface area contributed by atoms with E-state index in [1.807, 2.05) is 0 Å². The Morgan fingerprint density at radius 1 is 1.00 bits per heavy atom. The highest BCUT2D eigenvalue weighted by atomic mass is 16.5. The number of aliphatic hydroxyl groups excluding tert-OH is 1. The fourth-order valence-corrected chi connectivity index (χ4v) is 1.95. The molecule has 0 radical (unpaired) electrons. The number of ether oxygens (including phenoxy) is 2. The number of ketones is 1. The van der Waals surface area contributed by atoms with Gasteiger partial charge in [0.2, 0.25) is 0 Å². The Morgan fingerprint density at radius 3 is 2.29 bits per heavy atom. The lowest BCUT2D eigenvalue weighted by atomic mass is 10.1. The molecule has 2 aromatic rings. The van der Waals surface area contributed by atoms with Crippen LogP contribution in [0.1, 0.15) is 10.4 Å². The van der Waals surface area contributed by atoms with Gasteiger partial charge in [0.25, 0.3) is 5.91 Å². The molecule has 0 spiro atoms. The van der Waals surface area contributed by atoms with E-state index in [0.29, 0.717) is 22.7 Å². The number of allylic oxidation sites excluding steroid dienone is 1. The summed E-state index contributed by atoms with van der Waals surface area (Å²) in [4.78, 5) is 24.0. The molecule has 0 atom stereocenters. The van der Waals surface area contributed by atoms with E-state index in [2.05, 4.69) is 5.32 Å². The Balaban J connectivity index is 2.10. The molecule has 24 heavy (non-hydrogen) atoms. The summed E-state index contributed by atoms with van der Waals surface area (Å²) in [6.07, 6.45) is 0.865. The Hall–Kier alpha value is -3.28. The maximum absolute atomic E-state index is 12.1. The van der Waals surface area contributed by atoms with E-state index in [1.165, 1.54) is 20.3 Å². The van der Waals surface area contributed by atoms with Gasteiger partial charge in [-0.2, -0.15) is 0 Å². The Bertz CT molecular complexity index is 782. The normalized spacial score (nSPS) is 10.8.